The molecule has 4 rings (SSSR count). The molecule has 0 fully saturated rings. The molecule has 0 saturated carbocycles. The molecule has 226 valence electrons. The summed E-state index contributed by atoms with van der Waals surface area (Å²) in [5.74, 6) is -3.88. The lowest BCUT2D eigenvalue weighted by atomic mass is 10.2. The molecule has 0 bridgehead atoms. The van der Waals surface area contributed by atoms with Crippen molar-refractivity contribution in [2.75, 3.05) is 18.6 Å². The number of methoxy groups -OCH3 is 1. The molecule has 43 heavy (non-hydrogen) atoms. The average molecular weight is 624 g/mol. The molecule has 0 aliphatic carbocycles. The third-order valence-electron chi connectivity index (χ3n) is 5.96. The number of benzene rings is 1. The summed E-state index contributed by atoms with van der Waals surface area (Å²) >= 11 is 0.331. The number of rotatable bonds is 7. The average Bonchev–Trinajstić information content (AvgIpc) is 3.49. The van der Waals surface area contributed by atoms with Crippen molar-refractivity contribution in [3.8, 4) is 22.4 Å². The summed E-state index contributed by atoms with van der Waals surface area (Å²) < 4.78 is 82.2. The van der Waals surface area contributed by atoms with Crippen LogP contribution in [0.1, 0.15) is 41.7 Å². The summed E-state index contributed by atoms with van der Waals surface area (Å²) in [5, 5.41) is 18.7. The van der Waals surface area contributed by atoms with Gasteiger partial charge in [-0.2, -0.15) is 18.4 Å². The molecule has 1 amide bonds. The monoisotopic (exact) mass is 623 g/mol. The van der Waals surface area contributed by atoms with Crippen LogP contribution in [0.2, 0.25) is 0 Å². The Kier molecular flexibility index (Phi) is 8.32. The van der Waals surface area contributed by atoms with Crippen LogP contribution in [0, 0.1) is 23.0 Å². The van der Waals surface area contributed by atoms with E-state index in [0.717, 1.165) is 27.9 Å². The van der Waals surface area contributed by atoms with Crippen LogP contribution in [0.4, 0.5) is 32.6 Å². The van der Waals surface area contributed by atoms with Crippen LogP contribution in [0.3, 0.4) is 0 Å². The molecule has 0 unspecified atom stereocenters. The Labute approximate surface area is 244 Å². The van der Waals surface area contributed by atoms with E-state index in [-0.39, 0.29) is 46.1 Å². The number of alkyl halides is 3. The number of halogens is 5. The van der Waals surface area contributed by atoms with Gasteiger partial charge in [-0.05, 0) is 39.0 Å². The number of fused-ring (bicyclic) bond motifs is 1. The number of hydrogen-bond donors (Lipinski definition) is 1. The van der Waals surface area contributed by atoms with E-state index < -0.39 is 51.6 Å². The first-order valence-electron chi connectivity index (χ1n) is 12.3. The number of carboxylic acids is 1. The summed E-state index contributed by atoms with van der Waals surface area (Å²) in [5.41, 5.74) is -3.34. The summed E-state index contributed by atoms with van der Waals surface area (Å²) in [4.78, 5) is 32.5. The number of hydrogen-bond acceptors (Lipinski definition) is 8. The second-order valence-corrected chi connectivity index (χ2v) is 11.0. The van der Waals surface area contributed by atoms with E-state index in [9.17, 15) is 37.5 Å². The lowest BCUT2D eigenvalue weighted by Crippen LogP contribution is -2.39. The minimum absolute atomic E-state index is 0.0245. The standard InChI is InChI=1S/C27H22F5N5O5S/c1-26(2,3)42-25(40)37(8-7-36-16(11-33)21(29)20-17(41-4)6-5-14(28)22(20)36)19-10-15(34-12-35-19)18-9-13(27(30,31)32)23(43-18)24(38)39/h5-6,9-10,12H,7-8H2,1-4H3,(H,38,39). The summed E-state index contributed by atoms with van der Waals surface area (Å²) in [6.07, 6.45) is -4.98. The highest BCUT2D eigenvalue weighted by molar-refractivity contribution is 7.17. The molecule has 3 aromatic heterocycles. The molecule has 0 atom stereocenters. The van der Waals surface area contributed by atoms with Crippen LogP contribution in [-0.4, -0.2) is 51.0 Å². The quantitative estimate of drug-likeness (QED) is 0.232. The van der Waals surface area contributed by atoms with Crippen LogP contribution in [-0.2, 0) is 17.5 Å². The van der Waals surface area contributed by atoms with Gasteiger partial charge >= 0.3 is 18.2 Å². The number of nitrogens with zero attached hydrogens (tertiary/aromatic N) is 5. The van der Waals surface area contributed by atoms with Crippen molar-refractivity contribution in [3.05, 3.63) is 58.4 Å². The van der Waals surface area contributed by atoms with Crippen molar-refractivity contribution in [2.24, 2.45) is 0 Å². The van der Waals surface area contributed by atoms with Crippen LogP contribution in [0.5, 0.6) is 5.75 Å². The number of aromatic carboxylic acids is 1. The number of carboxylic acid groups (broad SMARTS) is 1. The van der Waals surface area contributed by atoms with Gasteiger partial charge in [-0.25, -0.2) is 28.3 Å². The van der Waals surface area contributed by atoms with Gasteiger partial charge in [-0.1, -0.05) is 0 Å². The predicted octanol–water partition coefficient (Wildman–Crippen LogP) is 6.48. The zero-order chi connectivity index (χ0) is 31.9. The van der Waals surface area contributed by atoms with E-state index in [4.69, 9.17) is 9.47 Å². The van der Waals surface area contributed by atoms with E-state index in [0.29, 0.717) is 17.4 Å². The highest BCUT2D eigenvalue weighted by Crippen LogP contribution is 2.40. The molecule has 10 nitrogen and oxygen atoms in total. The Hall–Kier alpha value is -4.78. The second-order valence-electron chi connectivity index (χ2n) is 9.95. The molecular formula is C27H22F5N5O5S. The summed E-state index contributed by atoms with van der Waals surface area (Å²) in [6.45, 7) is 4.01. The predicted molar refractivity (Wildman–Crippen MR) is 144 cm³/mol. The fraction of sp³-hybridized carbons (Fsp3) is 0.296. The third-order valence-corrected chi connectivity index (χ3v) is 7.10. The molecule has 0 radical (unpaired) electrons. The zero-order valence-electron chi connectivity index (χ0n) is 22.9. The molecule has 16 heteroatoms. The fourth-order valence-electron chi connectivity index (χ4n) is 4.21. The molecule has 0 spiro atoms. The number of thiophene rings is 1. The van der Waals surface area contributed by atoms with Crippen molar-refractivity contribution in [2.45, 2.75) is 39.1 Å². The molecule has 0 saturated heterocycles. The molecule has 0 aliphatic heterocycles. The minimum atomic E-state index is -4.95. The number of ether oxygens (including phenoxy) is 2. The first kappa shape index (κ1) is 31.2. The van der Waals surface area contributed by atoms with Gasteiger partial charge in [0, 0.05) is 19.2 Å². The lowest BCUT2D eigenvalue weighted by molar-refractivity contribution is -0.137. The fourth-order valence-corrected chi connectivity index (χ4v) is 5.19. The lowest BCUT2D eigenvalue weighted by Gasteiger charge is -2.27. The van der Waals surface area contributed by atoms with Crippen LogP contribution < -0.4 is 9.64 Å². The first-order valence-corrected chi connectivity index (χ1v) is 13.1. The summed E-state index contributed by atoms with van der Waals surface area (Å²) in [7, 11) is 1.25. The van der Waals surface area contributed by atoms with Gasteiger partial charge in [0.2, 0.25) is 0 Å². The molecule has 1 aromatic carbocycles. The van der Waals surface area contributed by atoms with Crippen LogP contribution in [0.15, 0.2) is 30.6 Å². The van der Waals surface area contributed by atoms with E-state index >= 15 is 4.39 Å². The highest BCUT2D eigenvalue weighted by Gasteiger charge is 2.38. The maximum atomic E-state index is 15.2. The number of anilines is 1. The molecular weight excluding hydrogens is 601 g/mol. The summed E-state index contributed by atoms with van der Waals surface area (Å²) in [6, 6.07) is 5.69. The number of nitriles is 1. The normalized spacial score (nSPS) is 11.8. The van der Waals surface area contributed by atoms with Gasteiger partial charge in [0.15, 0.2) is 11.5 Å². The van der Waals surface area contributed by atoms with Crippen molar-refractivity contribution in [1.82, 2.24) is 14.5 Å². The van der Waals surface area contributed by atoms with Crippen molar-refractivity contribution < 1.29 is 46.1 Å². The van der Waals surface area contributed by atoms with Crippen LogP contribution in [0.25, 0.3) is 21.5 Å². The topological polar surface area (TPSA) is 131 Å². The van der Waals surface area contributed by atoms with Gasteiger partial charge < -0.3 is 19.1 Å². The number of carbonyl (C=O) groups excluding carboxylic acids is 1. The van der Waals surface area contributed by atoms with Crippen LogP contribution >= 0.6 is 11.3 Å². The van der Waals surface area contributed by atoms with E-state index in [1.54, 1.807) is 26.8 Å². The zero-order valence-corrected chi connectivity index (χ0v) is 23.7. The van der Waals surface area contributed by atoms with E-state index in [2.05, 4.69) is 9.97 Å². The Morgan fingerprint density at radius 2 is 1.86 bits per heavy atom. The molecule has 0 aliphatic rings. The Bertz CT molecular complexity index is 1770. The van der Waals surface area contributed by atoms with Crippen molar-refractivity contribution in [1.29, 1.82) is 5.26 Å². The Balaban J connectivity index is 1.80. The van der Waals surface area contributed by atoms with Crippen molar-refractivity contribution >= 4 is 40.1 Å². The number of amides is 1. The van der Waals surface area contributed by atoms with Gasteiger partial charge in [0.05, 0.1) is 34.1 Å². The molecule has 1 N–H and O–H groups in total. The van der Waals surface area contributed by atoms with E-state index in [1.807, 2.05) is 0 Å². The van der Waals surface area contributed by atoms with Gasteiger partial charge in [0.1, 0.15) is 40.3 Å². The number of aromatic nitrogens is 3. The smallest absolute Gasteiger partial charge is 0.418 e. The Morgan fingerprint density at radius 3 is 2.42 bits per heavy atom. The SMILES string of the molecule is COc1ccc(F)c2c1c(F)c(C#N)n2CCN(C(=O)OC(C)(C)C)c1cc(-c2cc(C(F)(F)F)c(C(=O)O)s2)ncn1. The number of carbonyl (C=O) groups is 2. The van der Waals surface area contributed by atoms with Gasteiger partial charge in [0.25, 0.3) is 0 Å². The van der Waals surface area contributed by atoms with Crippen molar-refractivity contribution in [3.63, 3.8) is 0 Å². The highest BCUT2D eigenvalue weighted by atomic mass is 32.1. The first-order chi connectivity index (χ1) is 20.1. The third kappa shape index (κ3) is 6.21. The van der Waals surface area contributed by atoms with E-state index in [1.165, 1.54) is 13.2 Å². The Morgan fingerprint density at radius 1 is 1.16 bits per heavy atom. The maximum Gasteiger partial charge on any atom is 0.418 e. The largest absolute Gasteiger partial charge is 0.496 e. The van der Waals surface area contributed by atoms with Gasteiger partial charge in [-0.3, -0.25) is 4.90 Å². The second kappa shape index (κ2) is 11.5. The van der Waals surface area contributed by atoms with Gasteiger partial charge in [-0.15, -0.1) is 11.3 Å². The minimum Gasteiger partial charge on any atom is -0.496 e. The maximum absolute atomic E-state index is 15.2. The molecule has 4 aromatic rings. The molecule has 3 heterocycles.